The SMILES string of the molecule is Cc1ccc(C(C)C)c(OCCCCC(C)(N)CO)c1. The van der Waals surface area contributed by atoms with Gasteiger partial charge in [-0.15, -0.1) is 0 Å². The van der Waals surface area contributed by atoms with Crippen molar-refractivity contribution in [3.8, 4) is 5.75 Å². The normalized spacial score (nSPS) is 14.3. The maximum Gasteiger partial charge on any atom is 0.122 e. The number of aliphatic hydroxyl groups is 1. The lowest BCUT2D eigenvalue weighted by atomic mass is 9.97. The monoisotopic (exact) mass is 279 g/mol. The number of aliphatic hydroxyl groups excluding tert-OH is 1. The maximum absolute atomic E-state index is 9.10. The minimum atomic E-state index is -0.466. The van der Waals surface area contributed by atoms with E-state index in [9.17, 15) is 0 Å². The largest absolute Gasteiger partial charge is 0.493 e. The minimum Gasteiger partial charge on any atom is -0.493 e. The second kappa shape index (κ2) is 7.65. The zero-order valence-corrected chi connectivity index (χ0v) is 13.3. The van der Waals surface area contributed by atoms with Crippen LogP contribution in [0, 0.1) is 6.92 Å². The molecule has 1 rings (SSSR count). The van der Waals surface area contributed by atoms with Gasteiger partial charge in [0.05, 0.1) is 13.2 Å². The molecule has 1 atom stereocenters. The van der Waals surface area contributed by atoms with Crippen molar-refractivity contribution < 1.29 is 9.84 Å². The summed E-state index contributed by atoms with van der Waals surface area (Å²) in [5.74, 6) is 1.46. The van der Waals surface area contributed by atoms with Crippen molar-refractivity contribution >= 4 is 0 Å². The molecule has 1 unspecified atom stereocenters. The third kappa shape index (κ3) is 5.51. The molecule has 0 fully saturated rings. The fraction of sp³-hybridized carbons (Fsp3) is 0.647. The van der Waals surface area contributed by atoms with Gasteiger partial charge in [0.2, 0.25) is 0 Å². The van der Waals surface area contributed by atoms with E-state index in [1.165, 1.54) is 11.1 Å². The average molecular weight is 279 g/mol. The molecule has 0 spiro atoms. The Hall–Kier alpha value is -1.06. The predicted octanol–water partition coefficient (Wildman–Crippen LogP) is 3.38. The first kappa shape index (κ1) is 17.0. The van der Waals surface area contributed by atoms with Crippen molar-refractivity contribution in [2.75, 3.05) is 13.2 Å². The van der Waals surface area contributed by atoms with E-state index in [1.54, 1.807) is 0 Å². The first-order valence-corrected chi connectivity index (χ1v) is 7.49. The van der Waals surface area contributed by atoms with Gasteiger partial charge in [0.15, 0.2) is 0 Å². The lowest BCUT2D eigenvalue weighted by molar-refractivity contribution is 0.194. The Kier molecular flexibility index (Phi) is 6.50. The topological polar surface area (TPSA) is 55.5 Å². The van der Waals surface area contributed by atoms with Gasteiger partial charge in [0.25, 0.3) is 0 Å². The van der Waals surface area contributed by atoms with E-state index in [2.05, 4.69) is 39.0 Å². The van der Waals surface area contributed by atoms with Crippen molar-refractivity contribution in [2.45, 2.75) is 58.4 Å². The first-order valence-electron chi connectivity index (χ1n) is 7.49. The summed E-state index contributed by atoms with van der Waals surface area (Å²) in [6, 6.07) is 6.39. The molecule has 0 saturated heterocycles. The molecule has 0 radical (unpaired) electrons. The van der Waals surface area contributed by atoms with Crippen molar-refractivity contribution in [1.82, 2.24) is 0 Å². The molecule has 1 aromatic rings. The molecule has 0 aromatic heterocycles. The number of rotatable bonds is 8. The van der Waals surface area contributed by atoms with Gasteiger partial charge in [0.1, 0.15) is 5.75 Å². The fourth-order valence-electron chi connectivity index (χ4n) is 2.14. The number of ether oxygens (including phenoxy) is 1. The Balaban J connectivity index is 2.44. The van der Waals surface area contributed by atoms with Crippen LogP contribution in [0.4, 0.5) is 0 Å². The van der Waals surface area contributed by atoms with Gasteiger partial charge in [0, 0.05) is 5.54 Å². The number of unbranched alkanes of at least 4 members (excludes halogenated alkanes) is 1. The van der Waals surface area contributed by atoms with E-state index in [4.69, 9.17) is 15.6 Å². The molecule has 114 valence electrons. The number of aryl methyl sites for hydroxylation is 1. The predicted molar refractivity (Wildman–Crippen MR) is 84.3 cm³/mol. The van der Waals surface area contributed by atoms with Crippen molar-refractivity contribution in [3.05, 3.63) is 29.3 Å². The van der Waals surface area contributed by atoms with Gasteiger partial charge in [-0.1, -0.05) is 26.0 Å². The van der Waals surface area contributed by atoms with Gasteiger partial charge in [-0.05, 0) is 56.2 Å². The zero-order valence-electron chi connectivity index (χ0n) is 13.3. The highest BCUT2D eigenvalue weighted by atomic mass is 16.5. The lowest BCUT2D eigenvalue weighted by Gasteiger charge is -2.21. The highest BCUT2D eigenvalue weighted by molar-refractivity contribution is 5.39. The summed E-state index contributed by atoms with van der Waals surface area (Å²) < 4.78 is 5.92. The molecule has 0 bridgehead atoms. The zero-order chi connectivity index (χ0) is 15.2. The maximum atomic E-state index is 9.10. The molecule has 3 heteroatoms. The van der Waals surface area contributed by atoms with E-state index < -0.39 is 5.54 Å². The fourth-order valence-corrected chi connectivity index (χ4v) is 2.14. The molecule has 0 aliphatic rings. The smallest absolute Gasteiger partial charge is 0.122 e. The van der Waals surface area contributed by atoms with Gasteiger partial charge in [-0.25, -0.2) is 0 Å². The van der Waals surface area contributed by atoms with Crippen molar-refractivity contribution in [1.29, 1.82) is 0 Å². The Morgan fingerprint density at radius 2 is 2.00 bits per heavy atom. The lowest BCUT2D eigenvalue weighted by Crippen LogP contribution is -2.39. The standard InChI is InChI=1S/C17H29NO2/c1-13(2)15-8-7-14(3)11-16(15)20-10-6-5-9-17(4,18)12-19/h7-8,11,13,19H,5-6,9-10,12,18H2,1-4H3. The van der Waals surface area contributed by atoms with Crippen LogP contribution in [-0.2, 0) is 0 Å². The second-order valence-electron chi connectivity index (χ2n) is 6.31. The molecule has 3 nitrogen and oxygen atoms in total. The summed E-state index contributed by atoms with van der Waals surface area (Å²) >= 11 is 0. The van der Waals surface area contributed by atoms with E-state index in [0.29, 0.717) is 12.5 Å². The quantitative estimate of drug-likeness (QED) is 0.717. The Bertz CT molecular complexity index is 413. The van der Waals surface area contributed by atoms with Crippen LogP contribution in [0.15, 0.2) is 18.2 Å². The van der Waals surface area contributed by atoms with E-state index >= 15 is 0 Å². The molecule has 0 aliphatic heterocycles. The van der Waals surface area contributed by atoms with Crippen LogP contribution in [0.2, 0.25) is 0 Å². The summed E-state index contributed by atoms with van der Waals surface area (Å²) in [7, 11) is 0. The average Bonchev–Trinajstić information content (AvgIpc) is 2.38. The summed E-state index contributed by atoms with van der Waals surface area (Å²) in [4.78, 5) is 0. The molecule has 0 aliphatic carbocycles. The van der Waals surface area contributed by atoms with Crippen molar-refractivity contribution in [3.63, 3.8) is 0 Å². The van der Waals surface area contributed by atoms with Gasteiger partial charge in [-0.2, -0.15) is 0 Å². The van der Waals surface area contributed by atoms with Crippen LogP contribution >= 0.6 is 0 Å². The third-order valence-corrected chi connectivity index (χ3v) is 3.55. The van der Waals surface area contributed by atoms with Crippen molar-refractivity contribution in [2.24, 2.45) is 5.73 Å². The third-order valence-electron chi connectivity index (χ3n) is 3.55. The number of hydrogen-bond donors (Lipinski definition) is 2. The Morgan fingerprint density at radius 1 is 1.30 bits per heavy atom. The summed E-state index contributed by atoms with van der Waals surface area (Å²) in [6.45, 7) is 9.05. The van der Waals surface area contributed by atoms with E-state index in [1.807, 2.05) is 6.92 Å². The summed E-state index contributed by atoms with van der Waals surface area (Å²) in [5, 5.41) is 9.10. The first-order chi connectivity index (χ1) is 9.35. The molecular formula is C17H29NO2. The van der Waals surface area contributed by atoms with E-state index in [0.717, 1.165) is 25.0 Å². The highest BCUT2D eigenvalue weighted by Gasteiger charge is 2.16. The number of benzene rings is 1. The summed E-state index contributed by atoms with van der Waals surface area (Å²) in [5.41, 5.74) is 7.92. The van der Waals surface area contributed by atoms with Crippen LogP contribution in [-0.4, -0.2) is 23.9 Å². The minimum absolute atomic E-state index is 0.0310. The van der Waals surface area contributed by atoms with Crippen LogP contribution in [0.3, 0.4) is 0 Å². The van der Waals surface area contributed by atoms with Crippen LogP contribution < -0.4 is 10.5 Å². The van der Waals surface area contributed by atoms with E-state index in [-0.39, 0.29) is 6.61 Å². The summed E-state index contributed by atoms with van der Waals surface area (Å²) in [6.07, 6.45) is 2.74. The number of nitrogens with two attached hydrogens (primary N) is 1. The van der Waals surface area contributed by atoms with Gasteiger partial charge in [-0.3, -0.25) is 0 Å². The number of hydrogen-bond acceptors (Lipinski definition) is 3. The highest BCUT2D eigenvalue weighted by Crippen LogP contribution is 2.27. The van der Waals surface area contributed by atoms with Gasteiger partial charge < -0.3 is 15.6 Å². The van der Waals surface area contributed by atoms with Crippen LogP contribution in [0.1, 0.15) is 57.1 Å². The molecule has 0 saturated carbocycles. The molecule has 0 heterocycles. The van der Waals surface area contributed by atoms with Crippen LogP contribution in [0.5, 0.6) is 5.75 Å². The molecule has 20 heavy (non-hydrogen) atoms. The molecule has 1 aromatic carbocycles. The van der Waals surface area contributed by atoms with Gasteiger partial charge >= 0.3 is 0 Å². The van der Waals surface area contributed by atoms with Crippen LogP contribution in [0.25, 0.3) is 0 Å². The molecule has 0 amide bonds. The second-order valence-corrected chi connectivity index (χ2v) is 6.31. The Morgan fingerprint density at radius 3 is 2.60 bits per heavy atom. The molecule has 3 N–H and O–H groups in total. The molecular weight excluding hydrogens is 250 g/mol. The Labute approximate surface area is 123 Å².